The van der Waals surface area contributed by atoms with Crippen molar-refractivity contribution in [2.24, 2.45) is 0 Å². The minimum absolute atomic E-state index is 0.176. The van der Waals surface area contributed by atoms with Gasteiger partial charge in [-0.05, 0) is 40.8 Å². The first kappa shape index (κ1) is 26.6. The molecular weight excluding hydrogens is 483 g/mol. The normalized spacial score (nSPS) is 11.7. The molecule has 3 aromatic carbocycles. The molecule has 35 heavy (non-hydrogen) atoms. The van der Waals surface area contributed by atoms with Crippen molar-refractivity contribution in [3.63, 3.8) is 0 Å². The van der Waals surface area contributed by atoms with Gasteiger partial charge in [0.05, 0.1) is 10.0 Å². The number of amides is 2. The Morgan fingerprint density at radius 1 is 0.914 bits per heavy atom. The first-order valence-corrected chi connectivity index (χ1v) is 12.3. The molecule has 5 nitrogen and oxygen atoms in total. The van der Waals surface area contributed by atoms with E-state index in [1.54, 1.807) is 30.1 Å². The zero-order valence-corrected chi connectivity index (χ0v) is 21.6. The van der Waals surface area contributed by atoms with E-state index < -0.39 is 6.04 Å². The van der Waals surface area contributed by atoms with Gasteiger partial charge in [0.2, 0.25) is 5.91 Å². The van der Waals surface area contributed by atoms with Crippen molar-refractivity contribution in [3.05, 3.63) is 99.5 Å². The molecular formula is C28H30Cl2N2O3. The summed E-state index contributed by atoms with van der Waals surface area (Å²) in [5.74, 6) is 0.333. The molecule has 0 aliphatic heterocycles. The van der Waals surface area contributed by atoms with Crippen molar-refractivity contribution in [1.29, 1.82) is 0 Å². The van der Waals surface area contributed by atoms with Crippen molar-refractivity contribution in [2.75, 3.05) is 13.7 Å². The summed E-state index contributed by atoms with van der Waals surface area (Å²) in [6, 6.07) is 21.7. The summed E-state index contributed by atoms with van der Waals surface area (Å²) < 4.78 is 5.97. The molecule has 1 atom stereocenters. The Hall–Kier alpha value is -3.02. The number of nitrogens with one attached hydrogen (secondary N) is 1. The summed E-state index contributed by atoms with van der Waals surface area (Å²) >= 11 is 12.3. The number of hydrogen-bond acceptors (Lipinski definition) is 3. The fourth-order valence-electron chi connectivity index (χ4n) is 3.87. The maximum absolute atomic E-state index is 13.6. The molecule has 3 aromatic rings. The van der Waals surface area contributed by atoms with Crippen LogP contribution in [0.3, 0.4) is 0 Å². The molecule has 0 unspecified atom stereocenters. The standard InChI is InChI=1S/C28H30Cl2N2O3/c1-19(2)22-11-7-8-12-26(22)35-18-27(33)32(17-21-13-14-23(29)24(30)15-21)25(28(34)31-3)16-20-9-5-4-6-10-20/h4-15,19,25H,16-18H2,1-3H3,(H,31,34)/t25-/m1/s1. The number of ether oxygens (including phenoxy) is 1. The molecule has 0 spiro atoms. The SMILES string of the molecule is CNC(=O)[C@@H](Cc1ccccc1)N(Cc1ccc(Cl)c(Cl)c1)C(=O)COc1ccccc1C(C)C. The van der Waals surface area contributed by atoms with Crippen LogP contribution in [0.4, 0.5) is 0 Å². The lowest BCUT2D eigenvalue weighted by Gasteiger charge is -2.31. The minimum Gasteiger partial charge on any atom is -0.483 e. The van der Waals surface area contributed by atoms with Crippen LogP contribution < -0.4 is 10.1 Å². The van der Waals surface area contributed by atoms with Crippen LogP contribution in [0.15, 0.2) is 72.8 Å². The van der Waals surface area contributed by atoms with E-state index >= 15 is 0 Å². The molecule has 1 N–H and O–H groups in total. The molecule has 0 aliphatic rings. The number of carbonyl (C=O) groups excluding carboxylic acids is 2. The topological polar surface area (TPSA) is 58.6 Å². The first-order valence-electron chi connectivity index (χ1n) is 11.5. The number of halogens is 2. The van der Waals surface area contributed by atoms with Crippen LogP contribution in [0, 0.1) is 0 Å². The van der Waals surface area contributed by atoms with Crippen molar-refractivity contribution in [2.45, 2.75) is 38.8 Å². The fraction of sp³-hybridized carbons (Fsp3) is 0.286. The number of benzene rings is 3. The molecule has 3 rings (SSSR count). The Balaban J connectivity index is 1.91. The third kappa shape index (κ3) is 7.23. The lowest BCUT2D eigenvalue weighted by atomic mass is 10.0. The van der Waals surface area contributed by atoms with E-state index in [-0.39, 0.29) is 30.9 Å². The van der Waals surface area contributed by atoms with Gasteiger partial charge in [0.1, 0.15) is 11.8 Å². The maximum Gasteiger partial charge on any atom is 0.261 e. The van der Waals surface area contributed by atoms with Crippen molar-refractivity contribution >= 4 is 35.0 Å². The van der Waals surface area contributed by atoms with Crippen molar-refractivity contribution in [3.8, 4) is 5.75 Å². The molecule has 0 radical (unpaired) electrons. The van der Waals surface area contributed by atoms with Crippen molar-refractivity contribution < 1.29 is 14.3 Å². The largest absolute Gasteiger partial charge is 0.483 e. The van der Waals surface area contributed by atoms with Gasteiger partial charge >= 0.3 is 0 Å². The number of likely N-dealkylation sites (N-methyl/N-ethyl adjacent to an activating group) is 1. The summed E-state index contributed by atoms with van der Waals surface area (Å²) in [4.78, 5) is 28.1. The average Bonchev–Trinajstić information content (AvgIpc) is 2.87. The van der Waals surface area contributed by atoms with E-state index in [4.69, 9.17) is 27.9 Å². The van der Waals surface area contributed by atoms with Gasteiger partial charge in [-0.3, -0.25) is 9.59 Å². The number of rotatable bonds is 10. The Morgan fingerprint density at radius 2 is 1.60 bits per heavy atom. The highest BCUT2D eigenvalue weighted by Gasteiger charge is 2.30. The van der Waals surface area contributed by atoms with Gasteiger partial charge < -0.3 is 15.0 Å². The molecule has 0 fully saturated rings. The van der Waals surface area contributed by atoms with E-state index in [0.29, 0.717) is 22.2 Å². The third-order valence-electron chi connectivity index (χ3n) is 5.75. The zero-order valence-electron chi connectivity index (χ0n) is 20.1. The first-order chi connectivity index (χ1) is 16.8. The van der Waals surface area contributed by atoms with Crippen LogP contribution in [0.1, 0.15) is 36.5 Å². The number of nitrogens with zero attached hydrogens (tertiary/aromatic N) is 1. The summed E-state index contributed by atoms with van der Waals surface area (Å²) in [5, 5.41) is 3.52. The number of carbonyl (C=O) groups is 2. The Bertz CT molecular complexity index is 1150. The van der Waals surface area contributed by atoms with E-state index in [2.05, 4.69) is 19.2 Å². The summed E-state index contributed by atoms with van der Waals surface area (Å²) in [7, 11) is 1.57. The Kier molecular flexibility index (Phi) is 9.58. The highest BCUT2D eigenvalue weighted by molar-refractivity contribution is 6.42. The molecule has 7 heteroatoms. The van der Waals surface area contributed by atoms with Gasteiger partial charge in [0.15, 0.2) is 6.61 Å². The summed E-state index contributed by atoms with van der Waals surface area (Å²) in [6.45, 7) is 4.12. The molecule has 0 saturated heterocycles. The third-order valence-corrected chi connectivity index (χ3v) is 6.49. The van der Waals surface area contributed by atoms with E-state index in [1.807, 2.05) is 54.6 Å². The van der Waals surface area contributed by atoms with Crippen LogP contribution in [0.2, 0.25) is 10.0 Å². The second kappa shape index (κ2) is 12.6. The number of hydrogen-bond donors (Lipinski definition) is 1. The second-order valence-corrected chi connectivity index (χ2v) is 9.39. The molecule has 0 saturated carbocycles. The van der Waals surface area contributed by atoms with Gasteiger partial charge in [0.25, 0.3) is 5.91 Å². The minimum atomic E-state index is -0.742. The Labute approximate surface area is 217 Å². The van der Waals surface area contributed by atoms with Crippen LogP contribution >= 0.6 is 23.2 Å². The molecule has 2 amide bonds. The summed E-state index contributed by atoms with van der Waals surface area (Å²) in [6.07, 6.45) is 0.357. The van der Waals surface area contributed by atoms with Gasteiger partial charge in [-0.15, -0.1) is 0 Å². The smallest absolute Gasteiger partial charge is 0.261 e. The molecule has 0 heterocycles. The van der Waals surface area contributed by atoms with E-state index in [9.17, 15) is 9.59 Å². The van der Waals surface area contributed by atoms with Crippen LogP contribution in [-0.2, 0) is 22.6 Å². The van der Waals surface area contributed by atoms with Gasteiger partial charge in [0, 0.05) is 20.0 Å². The highest BCUT2D eigenvalue weighted by Crippen LogP contribution is 2.27. The highest BCUT2D eigenvalue weighted by atomic mass is 35.5. The van der Waals surface area contributed by atoms with E-state index in [0.717, 1.165) is 16.7 Å². The van der Waals surface area contributed by atoms with Gasteiger partial charge in [-0.1, -0.05) is 91.6 Å². The maximum atomic E-state index is 13.6. The fourth-order valence-corrected chi connectivity index (χ4v) is 4.19. The van der Waals surface area contributed by atoms with Crippen LogP contribution in [-0.4, -0.2) is 36.4 Å². The van der Waals surface area contributed by atoms with Crippen LogP contribution in [0.5, 0.6) is 5.75 Å². The summed E-state index contributed by atoms with van der Waals surface area (Å²) in [5.41, 5.74) is 2.72. The predicted octanol–water partition coefficient (Wildman–Crippen LogP) is 5.88. The number of para-hydroxylation sites is 1. The molecule has 0 aliphatic carbocycles. The molecule has 184 valence electrons. The van der Waals surface area contributed by atoms with E-state index in [1.165, 1.54) is 0 Å². The zero-order chi connectivity index (χ0) is 25.4. The quantitative estimate of drug-likeness (QED) is 0.368. The molecule has 0 bridgehead atoms. The van der Waals surface area contributed by atoms with Gasteiger partial charge in [-0.2, -0.15) is 0 Å². The van der Waals surface area contributed by atoms with Crippen LogP contribution in [0.25, 0.3) is 0 Å². The average molecular weight is 513 g/mol. The van der Waals surface area contributed by atoms with Gasteiger partial charge in [-0.25, -0.2) is 0 Å². The lowest BCUT2D eigenvalue weighted by Crippen LogP contribution is -2.51. The monoisotopic (exact) mass is 512 g/mol. The van der Waals surface area contributed by atoms with Crippen molar-refractivity contribution in [1.82, 2.24) is 10.2 Å². The second-order valence-electron chi connectivity index (χ2n) is 8.57. The lowest BCUT2D eigenvalue weighted by molar-refractivity contribution is -0.142. The Morgan fingerprint density at radius 3 is 2.26 bits per heavy atom. The molecule has 0 aromatic heterocycles. The predicted molar refractivity (Wildman–Crippen MR) is 141 cm³/mol.